The van der Waals surface area contributed by atoms with Crippen molar-refractivity contribution in [3.63, 3.8) is 0 Å². The molecule has 5 heteroatoms. The summed E-state index contributed by atoms with van der Waals surface area (Å²) in [5.74, 6) is 0.847. The molecular weight excluding hydrogens is 272 g/mol. The van der Waals surface area contributed by atoms with Crippen molar-refractivity contribution in [1.29, 1.82) is 0 Å². The number of nitrogens with zero attached hydrogens (tertiary/aromatic N) is 1. The summed E-state index contributed by atoms with van der Waals surface area (Å²) in [5, 5.41) is 13.2. The van der Waals surface area contributed by atoms with Crippen molar-refractivity contribution < 1.29 is 9.84 Å². The number of hydrogen-bond donors (Lipinski definition) is 2. The maximum absolute atomic E-state index is 8.88. The molecule has 1 aromatic heterocycles. The fourth-order valence-corrected chi connectivity index (χ4v) is 3.14. The van der Waals surface area contributed by atoms with E-state index in [1.807, 2.05) is 31.2 Å². The Kier molecular flexibility index (Phi) is 5.11. The van der Waals surface area contributed by atoms with Crippen LogP contribution in [0.5, 0.6) is 5.75 Å². The molecule has 0 amide bonds. The molecule has 0 spiro atoms. The molecule has 0 saturated heterocycles. The number of benzene rings is 1. The lowest BCUT2D eigenvalue weighted by atomic mass is 10.2. The Labute approximate surface area is 123 Å². The molecule has 1 heterocycles. The van der Waals surface area contributed by atoms with Gasteiger partial charge in [0.1, 0.15) is 10.8 Å². The molecule has 1 aromatic carbocycles. The van der Waals surface area contributed by atoms with Crippen LogP contribution in [0.15, 0.2) is 24.3 Å². The van der Waals surface area contributed by atoms with E-state index in [0.717, 1.165) is 22.0 Å². The van der Waals surface area contributed by atoms with Crippen LogP contribution in [0, 0.1) is 6.92 Å². The highest BCUT2D eigenvalue weighted by atomic mass is 32.1. The number of ether oxygens (including phenoxy) is 1. The SMILES string of the molecule is COc1ccc(-c2nc(C)c(C(C)NCCO)s2)cc1. The molecule has 2 rings (SSSR count). The predicted octanol–water partition coefficient (Wildman–Crippen LogP) is 2.77. The zero-order chi connectivity index (χ0) is 14.5. The van der Waals surface area contributed by atoms with Gasteiger partial charge in [0.15, 0.2) is 0 Å². The van der Waals surface area contributed by atoms with E-state index in [-0.39, 0.29) is 12.6 Å². The van der Waals surface area contributed by atoms with Crippen LogP contribution in [0.25, 0.3) is 10.6 Å². The van der Waals surface area contributed by atoms with Gasteiger partial charge in [-0.3, -0.25) is 0 Å². The lowest BCUT2D eigenvalue weighted by Gasteiger charge is -2.10. The van der Waals surface area contributed by atoms with Crippen LogP contribution in [0.4, 0.5) is 0 Å². The molecule has 0 saturated carbocycles. The molecule has 0 aliphatic rings. The van der Waals surface area contributed by atoms with Crippen LogP contribution in [0.3, 0.4) is 0 Å². The fourth-order valence-electron chi connectivity index (χ4n) is 2.04. The van der Waals surface area contributed by atoms with Crippen LogP contribution < -0.4 is 10.1 Å². The number of hydrogen-bond acceptors (Lipinski definition) is 5. The third-order valence-corrected chi connectivity index (χ3v) is 4.51. The van der Waals surface area contributed by atoms with Crippen molar-refractivity contribution in [2.45, 2.75) is 19.9 Å². The van der Waals surface area contributed by atoms with Gasteiger partial charge in [-0.15, -0.1) is 11.3 Å². The standard InChI is InChI=1S/C15H20N2O2S/c1-10(16-8-9-18)14-11(2)17-15(20-14)12-4-6-13(19-3)7-5-12/h4-7,10,16,18H,8-9H2,1-3H3. The lowest BCUT2D eigenvalue weighted by Crippen LogP contribution is -2.21. The van der Waals surface area contributed by atoms with Crippen molar-refractivity contribution in [2.75, 3.05) is 20.3 Å². The molecule has 0 bridgehead atoms. The second kappa shape index (κ2) is 6.83. The Bertz CT molecular complexity index is 552. The fraction of sp³-hybridized carbons (Fsp3) is 0.400. The maximum Gasteiger partial charge on any atom is 0.123 e. The first-order chi connectivity index (χ1) is 9.65. The summed E-state index contributed by atoms with van der Waals surface area (Å²) in [6, 6.07) is 8.13. The van der Waals surface area contributed by atoms with Gasteiger partial charge in [-0.2, -0.15) is 0 Å². The van der Waals surface area contributed by atoms with Gasteiger partial charge in [-0.25, -0.2) is 4.98 Å². The molecule has 108 valence electrons. The van der Waals surface area contributed by atoms with Gasteiger partial charge in [0, 0.05) is 23.0 Å². The number of methoxy groups -OCH3 is 1. The quantitative estimate of drug-likeness (QED) is 0.859. The second-order valence-electron chi connectivity index (χ2n) is 4.60. The van der Waals surface area contributed by atoms with Crippen LogP contribution in [0.1, 0.15) is 23.5 Å². The molecule has 0 fully saturated rings. The maximum atomic E-state index is 8.88. The Hall–Kier alpha value is -1.43. The highest BCUT2D eigenvalue weighted by molar-refractivity contribution is 7.15. The Morgan fingerprint density at radius 2 is 2.05 bits per heavy atom. The molecular formula is C15H20N2O2S. The Balaban J connectivity index is 2.21. The molecule has 1 atom stereocenters. The third-order valence-electron chi connectivity index (χ3n) is 3.13. The molecule has 0 radical (unpaired) electrons. The highest BCUT2D eigenvalue weighted by Gasteiger charge is 2.14. The van der Waals surface area contributed by atoms with E-state index in [4.69, 9.17) is 9.84 Å². The first-order valence-electron chi connectivity index (χ1n) is 6.61. The number of aryl methyl sites for hydroxylation is 1. The number of rotatable bonds is 6. The van der Waals surface area contributed by atoms with Crippen molar-refractivity contribution in [3.8, 4) is 16.3 Å². The molecule has 2 N–H and O–H groups in total. The zero-order valence-electron chi connectivity index (χ0n) is 12.0. The smallest absolute Gasteiger partial charge is 0.123 e. The third kappa shape index (κ3) is 3.36. The van der Waals surface area contributed by atoms with Gasteiger partial charge in [0.2, 0.25) is 0 Å². The van der Waals surface area contributed by atoms with Gasteiger partial charge < -0.3 is 15.2 Å². The summed E-state index contributed by atoms with van der Waals surface area (Å²) in [4.78, 5) is 5.85. The Morgan fingerprint density at radius 1 is 1.35 bits per heavy atom. The first kappa shape index (κ1) is 15.0. The first-order valence-corrected chi connectivity index (χ1v) is 7.43. The number of nitrogens with one attached hydrogen (secondary N) is 1. The second-order valence-corrected chi connectivity index (χ2v) is 5.63. The topological polar surface area (TPSA) is 54.4 Å². The minimum Gasteiger partial charge on any atom is -0.497 e. The molecule has 0 aliphatic heterocycles. The summed E-state index contributed by atoms with van der Waals surface area (Å²) in [6.45, 7) is 4.86. The van der Waals surface area contributed by atoms with E-state index < -0.39 is 0 Å². The molecule has 2 aromatic rings. The average molecular weight is 292 g/mol. The summed E-state index contributed by atoms with van der Waals surface area (Å²) in [7, 11) is 1.66. The largest absolute Gasteiger partial charge is 0.497 e. The van der Waals surface area contributed by atoms with E-state index in [9.17, 15) is 0 Å². The summed E-state index contributed by atoms with van der Waals surface area (Å²) < 4.78 is 5.17. The van der Waals surface area contributed by atoms with E-state index in [1.54, 1.807) is 18.4 Å². The average Bonchev–Trinajstić information content (AvgIpc) is 2.87. The van der Waals surface area contributed by atoms with Crippen molar-refractivity contribution in [1.82, 2.24) is 10.3 Å². The monoisotopic (exact) mass is 292 g/mol. The number of aliphatic hydroxyl groups excluding tert-OH is 1. The minimum absolute atomic E-state index is 0.146. The number of aliphatic hydroxyl groups is 1. The van der Waals surface area contributed by atoms with Crippen molar-refractivity contribution in [3.05, 3.63) is 34.8 Å². The zero-order valence-corrected chi connectivity index (χ0v) is 12.8. The minimum atomic E-state index is 0.146. The summed E-state index contributed by atoms with van der Waals surface area (Å²) >= 11 is 1.69. The predicted molar refractivity (Wildman–Crippen MR) is 82.3 cm³/mol. The van der Waals surface area contributed by atoms with Gasteiger partial charge in [0.05, 0.1) is 19.4 Å². The normalized spacial score (nSPS) is 12.4. The molecule has 0 aliphatic carbocycles. The summed E-state index contributed by atoms with van der Waals surface area (Å²) in [5.41, 5.74) is 2.14. The van der Waals surface area contributed by atoms with Gasteiger partial charge in [-0.1, -0.05) is 0 Å². The van der Waals surface area contributed by atoms with Crippen LogP contribution in [-0.2, 0) is 0 Å². The number of thiazole rings is 1. The molecule has 1 unspecified atom stereocenters. The van der Waals surface area contributed by atoms with Crippen molar-refractivity contribution >= 4 is 11.3 Å². The van der Waals surface area contributed by atoms with Gasteiger partial charge in [0.25, 0.3) is 0 Å². The van der Waals surface area contributed by atoms with E-state index in [1.165, 1.54) is 4.88 Å². The van der Waals surface area contributed by atoms with Gasteiger partial charge >= 0.3 is 0 Å². The molecule has 4 nitrogen and oxygen atoms in total. The molecule has 20 heavy (non-hydrogen) atoms. The highest BCUT2D eigenvalue weighted by Crippen LogP contribution is 2.32. The van der Waals surface area contributed by atoms with Crippen LogP contribution in [-0.4, -0.2) is 30.4 Å². The number of aromatic nitrogens is 1. The van der Waals surface area contributed by atoms with Gasteiger partial charge in [-0.05, 0) is 38.1 Å². The van der Waals surface area contributed by atoms with E-state index in [2.05, 4.69) is 17.2 Å². The van der Waals surface area contributed by atoms with E-state index in [0.29, 0.717) is 6.54 Å². The lowest BCUT2D eigenvalue weighted by molar-refractivity contribution is 0.286. The van der Waals surface area contributed by atoms with E-state index >= 15 is 0 Å². The summed E-state index contributed by atoms with van der Waals surface area (Å²) in [6.07, 6.45) is 0. The van der Waals surface area contributed by atoms with Crippen LogP contribution in [0.2, 0.25) is 0 Å². The Morgan fingerprint density at radius 3 is 2.65 bits per heavy atom. The van der Waals surface area contributed by atoms with Crippen LogP contribution >= 0.6 is 11.3 Å². The van der Waals surface area contributed by atoms with Crippen molar-refractivity contribution in [2.24, 2.45) is 0 Å².